The lowest BCUT2D eigenvalue weighted by molar-refractivity contribution is -0.122. The maximum atomic E-state index is 12.7. The molecule has 1 atom stereocenters. The first-order chi connectivity index (χ1) is 16.6. The van der Waals surface area contributed by atoms with E-state index in [9.17, 15) is 9.59 Å². The molecule has 6 nitrogen and oxygen atoms in total. The number of ether oxygens (including phenoxy) is 2. The van der Waals surface area contributed by atoms with Gasteiger partial charge in [-0.1, -0.05) is 18.6 Å². The molecule has 184 valence electrons. The number of rotatable bonds is 14. The summed E-state index contributed by atoms with van der Waals surface area (Å²) >= 11 is 0. The van der Waals surface area contributed by atoms with Crippen LogP contribution in [0, 0.1) is 0 Å². The number of methoxy groups -OCH3 is 2. The summed E-state index contributed by atoms with van der Waals surface area (Å²) in [6.07, 6.45) is 6.73. The predicted octanol–water partition coefficient (Wildman–Crippen LogP) is 4.66. The number of benzene rings is 2. The van der Waals surface area contributed by atoms with Crippen molar-refractivity contribution in [2.45, 2.75) is 57.4 Å². The highest BCUT2D eigenvalue weighted by Gasteiger charge is 2.19. The van der Waals surface area contributed by atoms with E-state index in [1.54, 1.807) is 26.4 Å². The smallest absolute Gasteiger partial charge is 0.220 e. The second kappa shape index (κ2) is 13.8. The molecule has 34 heavy (non-hydrogen) atoms. The van der Waals surface area contributed by atoms with Crippen molar-refractivity contribution in [3.63, 3.8) is 0 Å². The first-order valence-corrected chi connectivity index (χ1v) is 12.4. The van der Waals surface area contributed by atoms with Crippen LogP contribution in [0.2, 0.25) is 0 Å². The van der Waals surface area contributed by atoms with E-state index in [1.807, 2.05) is 24.3 Å². The summed E-state index contributed by atoms with van der Waals surface area (Å²) in [6.45, 7) is 3.10. The molecule has 1 saturated heterocycles. The van der Waals surface area contributed by atoms with Crippen LogP contribution in [0.1, 0.15) is 60.9 Å². The van der Waals surface area contributed by atoms with E-state index in [0.29, 0.717) is 18.4 Å². The van der Waals surface area contributed by atoms with E-state index in [1.165, 1.54) is 18.4 Å². The summed E-state index contributed by atoms with van der Waals surface area (Å²) in [4.78, 5) is 27.4. The Morgan fingerprint density at radius 1 is 0.853 bits per heavy atom. The van der Waals surface area contributed by atoms with E-state index in [2.05, 4.69) is 22.3 Å². The number of ketones is 1. The van der Waals surface area contributed by atoms with Crippen molar-refractivity contribution in [2.75, 3.05) is 33.9 Å². The summed E-state index contributed by atoms with van der Waals surface area (Å²) < 4.78 is 10.4. The van der Waals surface area contributed by atoms with E-state index < -0.39 is 0 Å². The number of Topliss-reactive ketones (excluding diaryl/α,β-unsaturated/α-hetero) is 1. The predicted molar refractivity (Wildman–Crippen MR) is 135 cm³/mol. The van der Waals surface area contributed by atoms with Crippen molar-refractivity contribution in [1.82, 2.24) is 10.2 Å². The second-order valence-electron chi connectivity index (χ2n) is 9.04. The lowest BCUT2D eigenvalue weighted by Crippen LogP contribution is -2.44. The number of amides is 1. The van der Waals surface area contributed by atoms with Gasteiger partial charge < -0.3 is 19.7 Å². The summed E-state index contributed by atoms with van der Waals surface area (Å²) in [5.74, 6) is 1.82. The van der Waals surface area contributed by atoms with Gasteiger partial charge in [-0.05, 0) is 87.2 Å². The third-order valence-corrected chi connectivity index (χ3v) is 6.40. The van der Waals surface area contributed by atoms with Gasteiger partial charge in [-0.15, -0.1) is 0 Å². The number of unbranched alkanes of at least 4 members (excludes halogenated alkanes) is 2. The average Bonchev–Trinajstić information content (AvgIpc) is 3.37. The van der Waals surface area contributed by atoms with Gasteiger partial charge in [0, 0.05) is 31.0 Å². The molecule has 1 amide bonds. The largest absolute Gasteiger partial charge is 0.497 e. The fraction of sp³-hybridized carbons (Fsp3) is 0.500. The zero-order valence-electron chi connectivity index (χ0n) is 20.6. The van der Waals surface area contributed by atoms with Gasteiger partial charge in [-0.25, -0.2) is 0 Å². The molecule has 0 aromatic heterocycles. The summed E-state index contributed by atoms with van der Waals surface area (Å²) in [5.41, 5.74) is 1.91. The first-order valence-electron chi connectivity index (χ1n) is 12.4. The average molecular weight is 467 g/mol. The third-order valence-electron chi connectivity index (χ3n) is 6.40. The number of nitrogens with one attached hydrogen (secondary N) is 1. The zero-order chi connectivity index (χ0) is 24.2. The number of nitrogens with zero attached hydrogens (tertiary/aromatic N) is 1. The fourth-order valence-electron chi connectivity index (χ4n) is 4.45. The number of carbonyl (C=O) groups is 2. The fourth-order valence-corrected chi connectivity index (χ4v) is 4.45. The lowest BCUT2D eigenvalue weighted by atomic mass is 10.0. The molecule has 2 aromatic rings. The minimum Gasteiger partial charge on any atom is -0.497 e. The quantitative estimate of drug-likeness (QED) is 0.324. The van der Waals surface area contributed by atoms with Crippen LogP contribution in [0.15, 0.2) is 48.5 Å². The van der Waals surface area contributed by atoms with E-state index in [0.717, 1.165) is 56.8 Å². The molecule has 3 rings (SSSR count). The van der Waals surface area contributed by atoms with Gasteiger partial charge in [-0.2, -0.15) is 0 Å². The molecule has 0 radical (unpaired) electrons. The minimum atomic E-state index is 0.0932. The van der Waals surface area contributed by atoms with Crippen LogP contribution in [0.4, 0.5) is 0 Å². The van der Waals surface area contributed by atoms with Crippen molar-refractivity contribution < 1.29 is 19.1 Å². The number of likely N-dealkylation sites (tertiary alicyclic amines) is 1. The number of carbonyl (C=O) groups excluding carboxylic acids is 2. The number of hydrogen-bond donors (Lipinski definition) is 1. The van der Waals surface area contributed by atoms with Crippen molar-refractivity contribution in [3.8, 4) is 11.5 Å². The van der Waals surface area contributed by atoms with Gasteiger partial charge in [0.25, 0.3) is 0 Å². The summed E-state index contributed by atoms with van der Waals surface area (Å²) in [6, 6.07) is 15.4. The maximum absolute atomic E-state index is 12.7. The molecule has 0 aliphatic carbocycles. The van der Waals surface area contributed by atoms with Crippen LogP contribution in [-0.2, 0) is 11.2 Å². The van der Waals surface area contributed by atoms with Gasteiger partial charge in [0.1, 0.15) is 11.5 Å². The van der Waals surface area contributed by atoms with Crippen LogP contribution in [0.25, 0.3) is 0 Å². The Labute approximate surface area is 203 Å². The Morgan fingerprint density at radius 3 is 2.06 bits per heavy atom. The Balaban J connectivity index is 1.40. The molecule has 1 aliphatic heterocycles. The molecular weight excluding hydrogens is 428 g/mol. The van der Waals surface area contributed by atoms with Gasteiger partial charge in [0.2, 0.25) is 5.91 Å². The molecule has 1 unspecified atom stereocenters. The summed E-state index contributed by atoms with van der Waals surface area (Å²) in [7, 11) is 3.28. The maximum Gasteiger partial charge on any atom is 0.220 e. The molecule has 6 heteroatoms. The van der Waals surface area contributed by atoms with Crippen LogP contribution in [-0.4, -0.2) is 56.5 Å². The van der Waals surface area contributed by atoms with E-state index in [4.69, 9.17) is 9.47 Å². The normalized spacial score (nSPS) is 14.5. The van der Waals surface area contributed by atoms with Gasteiger partial charge in [0.05, 0.1) is 14.2 Å². The van der Waals surface area contributed by atoms with Crippen molar-refractivity contribution >= 4 is 11.7 Å². The Kier molecular flexibility index (Phi) is 10.4. The molecule has 1 N–H and O–H groups in total. The van der Waals surface area contributed by atoms with Crippen molar-refractivity contribution in [3.05, 3.63) is 59.7 Å². The van der Waals surface area contributed by atoms with Crippen molar-refractivity contribution in [2.24, 2.45) is 0 Å². The third kappa shape index (κ3) is 8.49. The van der Waals surface area contributed by atoms with Crippen LogP contribution in [0.5, 0.6) is 11.5 Å². The van der Waals surface area contributed by atoms with Crippen LogP contribution < -0.4 is 14.8 Å². The number of hydrogen-bond acceptors (Lipinski definition) is 5. The van der Waals surface area contributed by atoms with Crippen molar-refractivity contribution in [1.29, 1.82) is 0 Å². The van der Waals surface area contributed by atoms with Crippen LogP contribution in [0.3, 0.4) is 0 Å². The SMILES string of the molecule is COc1ccc(CC(CN2CCCC2)NC(=O)CCCCCC(=O)c2ccc(OC)cc2)cc1. The standard InChI is InChI=1S/C28H38N2O4/c1-33-25-14-10-22(11-15-25)20-24(21-30-18-6-7-19-30)29-28(32)9-5-3-4-8-27(31)23-12-16-26(34-2)17-13-23/h10-17,24H,3-9,18-21H2,1-2H3,(H,29,32). The topological polar surface area (TPSA) is 67.9 Å². The molecule has 2 aromatic carbocycles. The Morgan fingerprint density at radius 2 is 1.44 bits per heavy atom. The van der Waals surface area contributed by atoms with E-state index in [-0.39, 0.29) is 17.7 Å². The van der Waals surface area contributed by atoms with E-state index >= 15 is 0 Å². The monoisotopic (exact) mass is 466 g/mol. The van der Waals surface area contributed by atoms with Gasteiger partial charge in [-0.3, -0.25) is 9.59 Å². The highest BCUT2D eigenvalue weighted by molar-refractivity contribution is 5.96. The molecule has 1 aliphatic rings. The molecule has 1 fully saturated rings. The molecule has 0 bridgehead atoms. The lowest BCUT2D eigenvalue weighted by Gasteiger charge is -2.25. The zero-order valence-corrected chi connectivity index (χ0v) is 20.6. The highest BCUT2D eigenvalue weighted by atomic mass is 16.5. The molecule has 1 heterocycles. The Bertz CT molecular complexity index is 890. The van der Waals surface area contributed by atoms with Crippen LogP contribution >= 0.6 is 0 Å². The Hall–Kier alpha value is -2.86. The first kappa shape index (κ1) is 25.8. The minimum absolute atomic E-state index is 0.0932. The second-order valence-corrected chi connectivity index (χ2v) is 9.04. The van der Waals surface area contributed by atoms with Gasteiger partial charge in [0.15, 0.2) is 5.78 Å². The summed E-state index contributed by atoms with van der Waals surface area (Å²) in [5, 5.41) is 3.27. The van der Waals surface area contributed by atoms with Gasteiger partial charge >= 0.3 is 0 Å². The molecular formula is C28H38N2O4. The molecule has 0 saturated carbocycles. The highest BCUT2D eigenvalue weighted by Crippen LogP contribution is 2.16. The molecule has 0 spiro atoms.